The standard InChI is InChI=1S/C32H33N5O5.C18H38N2O6/c1-20-14-16-35-28(17-20)34-15-4-7-29(38)36-19-30(39)37-27(18-31(40)41)22-10-8-21(9-11-22)23-12-13-26(32(33)42)25-6-3-2-5-24(23)25;1-17(2)3-4-18(21)20-6-8-23-10-12-25-14-16-26-15-13-24-11-9-22-7-5-19/h2-3,5-6,8-14,16-17,27H,4,7,15,18-19H2,1H3,(H2,33,42)(H,34,35)(H,36,38)(H,37,39)(H,40,41);17H,3-16,19H2,1-2H3,(H,20,21)/t27-;/m0./s1. The molecule has 4 amide bonds. The first-order chi connectivity index (χ1) is 32.9. The first-order valence-corrected chi connectivity index (χ1v) is 23.1. The number of nitrogens with two attached hydrogens (primary N) is 2. The molecule has 68 heavy (non-hydrogen) atoms. The molecule has 0 spiro atoms. The van der Waals surface area contributed by atoms with Crippen LogP contribution in [-0.4, -0.2) is 132 Å². The number of hydrogen-bond acceptors (Lipinski definition) is 13. The number of carbonyl (C=O) groups excluding carboxylic acids is 4. The largest absolute Gasteiger partial charge is 0.481 e. The number of amides is 4. The molecule has 1 heterocycles. The van der Waals surface area contributed by atoms with Gasteiger partial charge in [0.15, 0.2) is 0 Å². The van der Waals surface area contributed by atoms with E-state index in [0.29, 0.717) is 116 Å². The molecule has 0 aliphatic carbocycles. The average Bonchev–Trinajstić information content (AvgIpc) is 3.32. The van der Waals surface area contributed by atoms with Crippen molar-refractivity contribution >= 4 is 46.2 Å². The molecule has 9 N–H and O–H groups in total. The Bertz CT molecular complexity index is 2120. The third-order valence-electron chi connectivity index (χ3n) is 10.0. The monoisotopic (exact) mass is 946 g/mol. The van der Waals surface area contributed by atoms with Crippen LogP contribution in [0.5, 0.6) is 0 Å². The molecule has 1 aromatic heterocycles. The highest BCUT2D eigenvalue weighted by Gasteiger charge is 2.19. The van der Waals surface area contributed by atoms with Gasteiger partial charge in [-0.2, -0.15) is 0 Å². The van der Waals surface area contributed by atoms with Crippen LogP contribution in [0.1, 0.15) is 73.5 Å². The number of nitrogens with one attached hydrogen (secondary N) is 4. The number of primary amides is 1. The summed E-state index contributed by atoms with van der Waals surface area (Å²) in [6.45, 7) is 12.9. The van der Waals surface area contributed by atoms with Crippen LogP contribution in [0.25, 0.3) is 21.9 Å². The number of pyridine rings is 1. The third-order valence-corrected chi connectivity index (χ3v) is 10.0. The van der Waals surface area contributed by atoms with Crippen molar-refractivity contribution < 1.29 is 52.8 Å². The summed E-state index contributed by atoms with van der Waals surface area (Å²) in [6, 6.07) is 21.2. The smallest absolute Gasteiger partial charge is 0.305 e. The number of benzene rings is 3. The van der Waals surface area contributed by atoms with Crippen molar-refractivity contribution in [2.45, 2.75) is 58.9 Å². The van der Waals surface area contributed by atoms with Gasteiger partial charge in [-0.15, -0.1) is 0 Å². The van der Waals surface area contributed by atoms with E-state index in [0.717, 1.165) is 39.7 Å². The molecule has 18 nitrogen and oxygen atoms in total. The van der Waals surface area contributed by atoms with E-state index in [-0.39, 0.29) is 31.2 Å². The lowest BCUT2D eigenvalue weighted by Crippen LogP contribution is -2.39. The average molecular weight is 946 g/mol. The van der Waals surface area contributed by atoms with Gasteiger partial charge in [-0.3, -0.25) is 24.0 Å². The Balaban J connectivity index is 0.000000407. The fraction of sp³-hybridized carbons (Fsp3) is 0.480. The molecule has 4 aromatic rings. The van der Waals surface area contributed by atoms with E-state index in [2.05, 4.69) is 40.1 Å². The van der Waals surface area contributed by atoms with Crippen LogP contribution in [0.4, 0.5) is 5.82 Å². The first kappa shape index (κ1) is 56.3. The van der Waals surface area contributed by atoms with E-state index in [4.69, 9.17) is 35.2 Å². The predicted octanol–water partition coefficient (Wildman–Crippen LogP) is 4.53. The van der Waals surface area contributed by atoms with E-state index >= 15 is 0 Å². The Hall–Kier alpha value is -6.02. The maximum absolute atomic E-state index is 12.6. The minimum absolute atomic E-state index is 0.0859. The number of fused-ring (bicyclic) bond motifs is 1. The number of aromatic nitrogens is 1. The zero-order valence-corrected chi connectivity index (χ0v) is 39.7. The minimum Gasteiger partial charge on any atom is -0.481 e. The van der Waals surface area contributed by atoms with Gasteiger partial charge in [-0.1, -0.05) is 68.4 Å². The van der Waals surface area contributed by atoms with Crippen molar-refractivity contribution in [2.24, 2.45) is 17.4 Å². The van der Waals surface area contributed by atoms with Gasteiger partial charge in [0.25, 0.3) is 0 Å². The molecule has 0 saturated heterocycles. The topological polar surface area (TPSA) is 265 Å². The maximum atomic E-state index is 12.6. The lowest BCUT2D eigenvalue weighted by atomic mass is 9.93. The van der Waals surface area contributed by atoms with Gasteiger partial charge in [0.05, 0.1) is 85.1 Å². The molecule has 0 aliphatic rings. The Labute approximate surface area is 399 Å². The number of carboxylic acid groups (broad SMARTS) is 1. The highest BCUT2D eigenvalue weighted by atomic mass is 16.6. The molecule has 0 bridgehead atoms. The minimum atomic E-state index is -1.07. The number of anilines is 1. The van der Waals surface area contributed by atoms with Gasteiger partial charge in [-0.05, 0) is 76.9 Å². The third kappa shape index (κ3) is 23.6. The molecule has 0 saturated carbocycles. The van der Waals surface area contributed by atoms with Crippen molar-refractivity contribution in [1.82, 2.24) is 20.9 Å². The summed E-state index contributed by atoms with van der Waals surface area (Å²) in [5, 5.41) is 22.3. The predicted molar refractivity (Wildman–Crippen MR) is 261 cm³/mol. The fourth-order valence-corrected chi connectivity index (χ4v) is 6.53. The summed E-state index contributed by atoms with van der Waals surface area (Å²) in [4.78, 5) is 63.9. The van der Waals surface area contributed by atoms with Crippen LogP contribution in [-0.2, 0) is 42.9 Å². The number of aliphatic carboxylic acids is 1. The molecule has 3 aromatic carbocycles. The second kappa shape index (κ2) is 33.5. The Morgan fingerprint density at radius 1 is 0.691 bits per heavy atom. The van der Waals surface area contributed by atoms with Crippen LogP contribution >= 0.6 is 0 Å². The quantitative estimate of drug-likeness (QED) is 0.0324. The van der Waals surface area contributed by atoms with Gasteiger partial charge in [-0.25, -0.2) is 4.98 Å². The van der Waals surface area contributed by atoms with Gasteiger partial charge < -0.3 is 61.5 Å². The van der Waals surface area contributed by atoms with Crippen molar-refractivity contribution in [3.63, 3.8) is 0 Å². The Morgan fingerprint density at radius 2 is 1.29 bits per heavy atom. The van der Waals surface area contributed by atoms with Crippen molar-refractivity contribution in [2.75, 3.05) is 97.6 Å². The van der Waals surface area contributed by atoms with Gasteiger partial charge in [0.2, 0.25) is 23.6 Å². The van der Waals surface area contributed by atoms with Crippen LogP contribution in [0.15, 0.2) is 79.0 Å². The Morgan fingerprint density at radius 3 is 1.88 bits per heavy atom. The van der Waals surface area contributed by atoms with E-state index in [1.54, 1.807) is 24.4 Å². The normalized spacial score (nSPS) is 11.4. The van der Waals surface area contributed by atoms with Crippen molar-refractivity contribution in [3.05, 3.63) is 95.7 Å². The van der Waals surface area contributed by atoms with E-state index in [9.17, 15) is 29.1 Å². The van der Waals surface area contributed by atoms with Crippen LogP contribution in [0.3, 0.4) is 0 Å². The Kier molecular flexibility index (Phi) is 27.7. The highest BCUT2D eigenvalue weighted by molar-refractivity contribution is 6.10. The number of nitrogens with zero attached hydrogens (tertiary/aromatic N) is 1. The van der Waals surface area contributed by atoms with Crippen LogP contribution in [0.2, 0.25) is 0 Å². The van der Waals surface area contributed by atoms with Gasteiger partial charge in [0, 0.05) is 44.2 Å². The molecule has 1 atom stereocenters. The summed E-state index contributed by atoms with van der Waals surface area (Å²) in [7, 11) is 0. The zero-order chi connectivity index (χ0) is 49.4. The van der Waals surface area contributed by atoms with E-state index < -0.39 is 23.8 Å². The number of rotatable bonds is 33. The molecule has 0 aliphatic heterocycles. The van der Waals surface area contributed by atoms with Gasteiger partial charge >= 0.3 is 5.97 Å². The lowest BCUT2D eigenvalue weighted by Gasteiger charge is -2.18. The van der Waals surface area contributed by atoms with E-state index in [1.165, 1.54) is 0 Å². The van der Waals surface area contributed by atoms with Crippen LogP contribution < -0.4 is 32.7 Å². The van der Waals surface area contributed by atoms with Crippen molar-refractivity contribution in [3.8, 4) is 11.1 Å². The SMILES string of the molecule is CC(C)CCC(=O)NCCOCCOCCOCCOCCOCCN.Cc1ccnc(NCCCC(=O)NCC(=O)N[C@@H](CC(=O)O)c2ccc(-c3ccc(C(N)=O)c4ccccc34)cc2)c1. The summed E-state index contributed by atoms with van der Waals surface area (Å²) in [6.07, 6.45) is 3.65. The molecule has 0 unspecified atom stereocenters. The molecule has 4 rings (SSSR count). The zero-order valence-electron chi connectivity index (χ0n) is 39.7. The molecular weight excluding hydrogens is 875 g/mol. The second-order valence-corrected chi connectivity index (χ2v) is 16.1. The summed E-state index contributed by atoms with van der Waals surface area (Å²) >= 11 is 0. The molecule has 18 heteroatoms. The second-order valence-electron chi connectivity index (χ2n) is 16.1. The summed E-state index contributed by atoms with van der Waals surface area (Å²) in [5.41, 5.74) is 14.7. The number of hydrogen-bond donors (Lipinski definition) is 7. The molecule has 0 radical (unpaired) electrons. The molecular formula is C50H71N7O11. The fourth-order valence-electron chi connectivity index (χ4n) is 6.53. The lowest BCUT2D eigenvalue weighted by molar-refractivity contribution is -0.138. The number of aryl methyl sites for hydroxylation is 1. The number of carboxylic acids is 1. The highest BCUT2D eigenvalue weighted by Crippen LogP contribution is 2.32. The summed E-state index contributed by atoms with van der Waals surface area (Å²) < 4.78 is 26.7. The number of carbonyl (C=O) groups is 5. The van der Waals surface area contributed by atoms with E-state index in [1.807, 2.05) is 61.5 Å². The molecule has 0 fully saturated rings. The van der Waals surface area contributed by atoms with Gasteiger partial charge in [0.1, 0.15) is 5.82 Å². The van der Waals surface area contributed by atoms with Crippen LogP contribution in [0, 0.1) is 12.8 Å². The maximum Gasteiger partial charge on any atom is 0.305 e. The van der Waals surface area contributed by atoms with Crippen molar-refractivity contribution in [1.29, 1.82) is 0 Å². The number of ether oxygens (including phenoxy) is 5. The first-order valence-electron chi connectivity index (χ1n) is 23.1. The molecule has 372 valence electrons. The summed E-state index contributed by atoms with van der Waals surface area (Å²) in [5.74, 6) is -0.982.